The lowest BCUT2D eigenvalue weighted by atomic mass is 9.44. The number of allylic oxidation sites excluding steroid dienone is 1. The van der Waals surface area contributed by atoms with E-state index in [4.69, 9.17) is 4.74 Å². The Morgan fingerprint density at radius 2 is 1.83 bits per heavy atom. The van der Waals surface area contributed by atoms with E-state index in [2.05, 4.69) is 19.9 Å². The zero-order chi connectivity index (χ0) is 17.1. The topological polar surface area (TPSA) is 49.7 Å². The molecule has 4 rings (SSSR count). The Kier molecular flexibility index (Phi) is 4.14. The first-order valence-electron chi connectivity index (χ1n) is 9.94. The molecule has 0 saturated heterocycles. The van der Waals surface area contributed by atoms with Crippen molar-refractivity contribution in [2.75, 3.05) is 13.7 Å². The van der Waals surface area contributed by atoms with E-state index in [1.807, 2.05) is 13.2 Å². The fourth-order valence-electron chi connectivity index (χ4n) is 7.41. The van der Waals surface area contributed by atoms with Gasteiger partial charge in [0.1, 0.15) is 0 Å². The van der Waals surface area contributed by atoms with Crippen LogP contribution in [0.4, 0.5) is 0 Å². The summed E-state index contributed by atoms with van der Waals surface area (Å²) in [6.45, 7) is 5.58. The van der Waals surface area contributed by atoms with E-state index in [0.29, 0.717) is 29.6 Å². The number of hydrogen-bond acceptors (Lipinski definition) is 3. The van der Waals surface area contributed by atoms with Gasteiger partial charge in [-0.25, -0.2) is 0 Å². The molecule has 2 N–H and O–H groups in total. The van der Waals surface area contributed by atoms with Crippen molar-refractivity contribution in [1.29, 1.82) is 0 Å². The van der Waals surface area contributed by atoms with E-state index in [1.54, 1.807) is 0 Å². The van der Waals surface area contributed by atoms with Crippen LogP contribution in [0.25, 0.3) is 0 Å². The largest absolute Gasteiger partial charge is 0.393 e. The summed E-state index contributed by atoms with van der Waals surface area (Å²) in [6.07, 6.45) is 10.6. The molecule has 0 radical (unpaired) electrons. The molecule has 0 aromatic carbocycles. The van der Waals surface area contributed by atoms with Gasteiger partial charge in [-0.15, -0.1) is 0 Å². The van der Waals surface area contributed by atoms with Crippen LogP contribution in [0, 0.1) is 40.4 Å². The third-order valence-electron chi connectivity index (χ3n) is 8.68. The van der Waals surface area contributed by atoms with Crippen molar-refractivity contribution in [3.63, 3.8) is 0 Å². The van der Waals surface area contributed by atoms with E-state index < -0.39 is 0 Å². The Hall–Kier alpha value is -0.380. The minimum atomic E-state index is -0.291. The SMILES string of the molecule is COC[C@H]1C[C@H]2[C@@H]3CC[C@H](O)[C@@]3(C)CC[C@@H]2[C@@]2(C)C=CC(O)CC12. The van der Waals surface area contributed by atoms with Gasteiger partial charge in [-0.1, -0.05) is 26.0 Å². The Morgan fingerprint density at radius 3 is 2.58 bits per heavy atom. The molecule has 3 fully saturated rings. The first kappa shape index (κ1) is 17.1. The Balaban J connectivity index is 1.70. The maximum Gasteiger partial charge on any atom is 0.0724 e. The molecule has 2 unspecified atom stereocenters. The molecule has 0 aromatic rings. The molecular weight excluding hydrogens is 300 g/mol. The Morgan fingerprint density at radius 1 is 1.04 bits per heavy atom. The van der Waals surface area contributed by atoms with Crippen LogP contribution in [0.15, 0.2) is 12.2 Å². The maximum atomic E-state index is 10.6. The van der Waals surface area contributed by atoms with E-state index in [9.17, 15) is 10.2 Å². The smallest absolute Gasteiger partial charge is 0.0724 e. The molecule has 0 spiro atoms. The van der Waals surface area contributed by atoms with Gasteiger partial charge in [0.2, 0.25) is 0 Å². The molecule has 3 heteroatoms. The third-order valence-corrected chi connectivity index (χ3v) is 8.68. The molecule has 0 bridgehead atoms. The van der Waals surface area contributed by atoms with Crippen molar-refractivity contribution in [3.05, 3.63) is 12.2 Å². The normalized spacial score (nSPS) is 56.5. The first-order chi connectivity index (χ1) is 11.4. The average Bonchev–Trinajstić information content (AvgIpc) is 2.85. The molecule has 3 saturated carbocycles. The van der Waals surface area contributed by atoms with Crippen molar-refractivity contribution in [3.8, 4) is 0 Å². The summed E-state index contributed by atoms with van der Waals surface area (Å²) in [4.78, 5) is 0. The number of rotatable bonds is 2. The van der Waals surface area contributed by atoms with Gasteiger partial charge >= 0.3 is 0 Å². The summed E-state index contributed by atoms with van der Waals surface area (Å²) in [7, 11) is 1.81. The Bertz CT molecular complexity index is 517. The molecule has 0 aromatic heterocycles. The van der Waals surface area contributed by atoms with Crippen LogP contribution in [0.1, 0.15) is 52.4 Å². The molecule has 0 heterocycles. The molecule has 24 heavy (non-hydrogen) atoms. The van der Waals surface area contributed by atoms with Gasteiger partial charge in [-0.05, 0) is 78.9 Å². The predicted molar refractivity (Wildman–Crippen MR) is 94.4 cm³/mol. The van der Waals surface area contributed by atoms with Crippen molar-refractivity contribution < 1.29 is 14.9 Å². The molecule has 9 atom stereocenters. The van der Waals surface area contributed by atoms with Gasteiger partial charge in [0.25, 0.3) is 0 Å². The number of aliphatic hydroxyl groups is 2. The van der Waals surface area contributed by atoms with E-state index in [0.717, 1.165) is 25.9 Å². The standard InChI is InChI=1S/C21H34O3/c1-20-8-6-14(22)11-18(20)13(12-24-3)10-15-16-4-5-19(23)21(16,2)9-7-17(15)20/h6,8,13-19,22-23H,4-5,7,9-12H2,1-3H3/t13-,14?,15+,16+,17+,18?,19+,20-,21+/m1/s1. The molecule has 136 valence electrons. The molecular formula is C21H34O3. The van der Waals surface area contributed by atoms with E-state index >= 15 is 0 Å². The minimum Gasteiger partial charge on any atom is -0.393 e. The van der Waals surface area contributed by atoms with Crippen LogP contribution in [-0.4, -0.2) is 36.1 Å². The quantitative estimate of drug-likeness (QED) is 0.761. The van der Waals surface area contributed by atoms with E-state index in [1.165, 1.54) is 19.3 Å². The molecule has 3 nitrogen and oxygen atoms in total. The van der Waals surface area contributed by atoms with Crippen molar-refractivity contribution in [1.82, 2.24) is 0 Å². The number of aliphatic hydroxyl groups excluding tert-OH is 2. The summed E-state index contributed by atoms with van der Waals surface area (Å²) in [5.41, 5.74) is 0.306. The lowest BCUT2D eigenvalue weighted by molar-refractivity contribution is -0.129. The first-order valence-corrected chi connectivity index (χ1v) is 9.94. The van der Waals surface area contributed by atoms with Crippen molar-refractivity contribution in [2.45, 2.75) is 64.6 Å². The highest BCUT2D eigenvalue weighted by Crippen LogP contribution is 2.66. The number of methoxy groups -OCH3 is 1. The third kappa shape index (κ3) is 2.27. The highest BCUT2D eigenvalue weighted by molar-refractivity contribution is 5.18. The van der Waals surface area contributed by atoms with Crippen LogP contribution in [0.5, 0.6) is 0 Å². The van der Waals surface area contributed by atoms with Gasteiger partial charge in [0.05, 0.1) is 12.2 Å². The van der Waals surface area contributed by atoms with Crippen LogP contribution < -0.4 is 0 Å². The second-order valence-electron chi connectivity index (χ2n) is 9.60. The van der Waals surface area contributed by atoms with Crippen molar-refractivity contribution in [2.24, 2.45) is 40.4 Å². The fourth-order valence-corrected chi connectivity index (χ4v) is 7.41. The molecule has 4 aliphatic carbocycles. The van der Waals surface area contributed by atoms with E-state index in [-0.39, 0.29) is 23.0 Å². The monoisotopic (exact) mass is 334 g/mol. The zero-order valence-electron chi connectivity index (χ0n) is 15.4. The average molecular weight is 335 g/mol. The van der Waals surface area contributed by atoms with Gasteiger partial charge in [0, 0.05) is 13.7 Å². The second-order valence-corrected chi connectivity index (χ2v) is 9.60. The maximum absolute atomic E-state index is 10.6. The Labute approximate surface area is 146 Å². The number of hydrogen-bond donors (Lipinski definition) is 2. The highest BCUT2D eigenvalue weighted by Gasteiger charge is 2.61. The highest BCUT2D eigenvalue weighted by atomic mass is 16.5. The summed E-state index contributed by atoms with van der Waals surface area (Å²) in [5.74, 6) is 3.10. The van der Waals surface area contributed by atoms with Gasteiger partial charge in [-0.3, -0.25) is 0 Å². The van der Waals surface area contributed by atoms with Crippen LogP contribution in [0.3, 0.4) is 0 Å². The number of fused-ring (bicyclic) bond motifs is 5. The summed E-state index contributed by atoms with van der Waals surface area (Å²) < 4.78 is 5.59. The molecule has 0 amide bonds. The zero-order valence-corrected chi connectivity index (χ0v) is 15.4. The van der Waals surface area contributed by atoms with Gasteiger partial charge < -0.3 is 14.9 Å². The predicted octanol–water partition coefficient (Wildman–Crippen LogP) is 3.40. The summed E-state index contributed by atoms with van der Waals surface area (Å²) in [6, 6.07) is 0. The van der Waals surface area contributed by atoms with Gasteiger partial charge in [-0.2, -0.15) is 0 Å². The van der Waals surface area contributed by atoms with Crippen LogP contribution in [-0.2, 0) is 4.74 Å². The summed E-state index contributed by atoms with van der Waals surface area (Å²) in [5, 5.41) is 20.8. The second kappa shape index (κ2) is 5.82. The molecule has 4 aliphatic rings. The minimum absolute atomic E-state index is 0.112. The summed E-state index contributed by atoms with van der Waals surface area (Å²) >= 11 is 0. The van der Waals surface area contributed by atoms with Crippen molar-refractivity contribution >= 4 is 0 Å². The molecule has 0 aliphatic heterocycles. The van der Waals surface area contributed by atoms with Crippen LogP contribution in [0.2, 0.25) is 0 Å². The number of ether oxygens (including phenoxy) is 1. The van der Waals surface area contributed by atoms with Crippen LogP contribution >= 0.6 is 0 Å². The lowest BCUT2D eigenvalue weighted by Crippen LogP contribution is -2.56. The van der Waals surface area contributed by atoms with Gasteiger partial charge in [0.15, 0.2) is 0 Å². The lowest BCUT2D eigenvalue weighted by Gasteiger charge is -2.61. The fraction of sp³-hybridized carbons (Fsp3) is 0.905.